The number of phenols is 1. The number of hydrogen-bond acceptors (Lipinski definition) is 7. The van der Waals surface area contributed by atoms with Crippen LogP contribution in [0, 0.1) is 0 Å². The summed E-state index contributed by atoms with van der Waals surface area (Å²) in [5, 5.41) is 19.0. The number of phenolic OH excluding ortho intramolecular Hbond substituents is 1. The van der Waals surface area contributed by atoms with Crippen molar-refractivity contribution in [3.63, 3.8) is 0 Å². The van der Waals surface area contributed by atoms with Crippen LogP contribution in [-0.2, 0) is 9.63 Å². The molecule has 0 atom stereocenters. The Morgan fingerprint density at radius 3 is 2.77 bits per heavy atom. The summed E-state index contributed by atoms with van der Waals surface area (Å²) in [7, 11) is 1.60. The highest BCUT2D eigenvalue weighted by Crippen LogP contribution is 2.29. The molecule has 0 saturated carbocycles. The molecule has 158 valence electrons. The Morgan fingerprint density at radius 1 is 1.23 bits per heavy atom. The third-order valence-corrected chi connectivity index (χ3v) is 4.47. The third-order valence-electron chi connectivity index (χ3n) is 4.47. The standard InChI is InChI=1S/C22H25N3O5/c1-3-29-21-13-17(8-11-20(21)28-2)19-5-4-12-25(24-19)22(27)15-30-23-14-16-6-9-18(26)10-7-16/h6-11,13-14,26H,3-5,12,15H2,1-2H3/b23-14+. The van der Waals surface area contributed by atoms with Gasteiger partial charge in [-0.3, -0.25) is 4.79 Å². The number of hydrazone groups is 1. The van der Waals surface area contributed by atoms with Crippen molar-refractivity contribution >= 4 is 17.8 Å². The van der Waals surface area contributed by atoms with Gasteiger partial charge in [-0.2, -0.15) is 5.10 Å². The fourth-order valence-electron chi connectivity index (χ4n) is 2.97. The van der Waals surface area contributed by atoms with Gasteiger partial charge in [0.15, 0.2) is 18.1 Å². The van der Waals surface area contributed by atoms with Gasteiger partial charge >= 0.3 is 0 Å². The van der Waals surface area contributed by atoms with Crippen molar-refractivity contribution in [1.82, 2.24) is 5.01 Å². The van der Waals surface area contributed by atoms with Gasteiger partial charge in [-0.1, -0.05) is 5.16 Å². The fourth-order valence-corrected chi connectivity index (χ4v) is 2.97. The SMILES string of the molecule is CCOc1cc(C2=NN(C(=O)CO/N=C/c3ccc(O)cc3)CCC2)ccc1OC. The molecular formula is C22H25N3O5. The van der Waals surface area contributed by atoms with Crippen LogP contribution in [0.5, 0.6) is 17.2 Å². The molecule has 0 saturated heterocycles. The lowest BCUT2D eigenvalue weighted by Crippen LogP contribution is -2.34. The Balaban J connectivity index is 1.62. The Bertz CT molecular complexity index is 925. The molecule has 1 N–H and O–H groups in total. The molecule has 0 unspecified atom stereocenters. The Hall–Kier alpha value is -3.55. The summed E-state index contributed by atoms with van der Waals surface area (Å²) < 4.78 is 11.0. The molecular weight excluding hydrogens is 386 g/mol. The number of carbonyl (C=O) groups is 1. The van der Waals surface area contributed by atoms with Crippen LogP contribution in [-0.4, -0.2) is 54.8 Å². The predicted molar refractivity (Wildman–Crippen MR) is 113 cm³/mol. The topological polar surface area (TPSA) is 93.0 Å². The van der Waals surface area contributed by atoms with Crippen LogP contribution in [0.2, 0.25) is 0 Å². The van der Waals surface area contributed by atoms with E-state index in [1.54, 1.807) is 31.4 Å². The number of benzene rings is 2. The number of amides is 1. The van der Waals surface area contributed by atoms with E-state index in [4.69, 9.17) is 14.3 Å². The lowest BCUT2D eigenvalue weighted by Gasteiger charge is -2.23. The highest BCUT2D eigenvalue weighted by molar-refractivity contribution is 6.02. The second-order valence-electron chi connectivity index (χ2n) is 6.57. The van der Waals surface area contributed by atoms with Crippen LogP contribution < -0.4 is 9.47 Å². The van der Waals surface area contributed by atoms with Crippen molar-refractivity contribution in [3.8, 4) is 17.2 Å². The molecule has 0 aliphatic carbocycles. The normalized spacial score (nSPS) is 13.8. The zero-order valence-corrected chi connectivity index (χ0v) is 17.1. The third kappa shape index (κ3) is 5.50. The average Bonchev–Trinajstić information content (AvgIpc) is 2.78. The molecule has 0 fully saturated rings. The highest BCUT2D eigenvalue weighted by Gasteiger charge is 2.20. The highest BCUT2D eigenvalue weighted by atomic mass is 16.6. The van der Waals surface area contributed by atoms with E-state index in [-0.39, 0.29) is 18.3 Å². The fraction of sp³-hybridized carbons (Fsp3) is 0.318. The van der Waals surface area contributed by atoms with Crippen molar-refractivity contribution in [3.05, 3.63) is 53.6 Å². The molecule has 3 rings (SSSR count). The number of rotatable bonds is 8. The van der Waals surface area contributed by atoms with Gasteiger partial charge in [-0.05, 0) is 67.8 Å². The minimum atomic E-state index is -0.270. The van der Waals surface area contributed by atoms with Crippen LogP contribution >= 0.6 is 0 Å². The summed E-state index contributed by atoms with van der Waals surface area (Å²) in [4.78, 5) is 17.6. The maximum Gasteiger partial charge on any atom is 0.283 e. The molecule has 1 aliphatic heterocycles. The number of aromatic hydroxyl groups is 1. The molecule has 8 heteroatoms. The van der Waals surface area contributed by atoms with Gasteiger partial charge in [0.2, 0.25) is 0 Å². The van der Waals surface area contributed by atoms with Crippen LogP contribution in [0.15, 0.2) is 52.7 Å². The van der Waals surface area contributed by atoms with Gasteiger partial charge in [0.1, 0.15) is 5.75 Å². The minimum absolute atomic E-state index is 0.173. The predicted octanol–water partition coefficient (Wildman–Crippen LogP) is 3.18. The van der Waals surface area contributed by atoms with Crippen molar-refractivity contribution in [2.45, 2.75) is 19.8 Å². The summed E-state index contributed by atoms with van der Waals surface area (Å²) in [6.45, 7) is 2.76. The van der Waals surface area contributed by atoms with Gasteiger partial charge in [0.05, 0.1) is 25.6 Å². The Labute approximate surface area is 175 Å². The van der Waals surface area contributed by atoms with E-state index >= 15 is 0 Å². The molecule has 0 aromatic heterocycles. The molecule has 0 spiro atoms. The van der Waals surface area contributed by atoms with E-state index in [0.717, 1.165) is 29.7 Å². The summed E-state index contributed by atoms with van der Waals surface area (Å²) >= 11 is 0. The van der Waals surface area contributed by atoms with Crippen molar-refractivity contribution in [1.29, 1.82) is 0 Å². The number of carbonyl (C=O) groups excluding carboxylic acids is 1. The van der Waals surface area contributed by atoms with E-state index in [0.29, 0.717) is 24.7 Å². The Morgan fingerprint density at radius 2 is 2.03 bits per heavy atom. The lowest BCUT2D eigenvalue weighted by atomic mass is 10.0. The summed E-state index contributed by atoms with van der Waals surface area (Å²) in [6.07, 6.45) is 3.04. The largest absolute Gasteiger partial charge is 0.508 e. The first-order valence-corrected chi connectivity index (χ1v) is 9.74. The lowest BCUT2D eigenvalue weighted by molar-refractivity contribution is -0.136. The van der Waals surface area contributed by atoms with Crippen molar-refractivity contribution in [2.24, 2.45) is 10.3 Å². The molecule has 2 aromatic rings. The summed E-state index contributed by atoms with van der Waals surface area (Å²) in [5.41, 5.74) is 2.46. The van der Waals surface area contributed by atoms with E-state index in [2.05, 4.69) is 10.3 Å². The number of methoxy groups -OCH3 is 1. The molecule has 8 nitrogen and oxygen atoms in total. The van der Waals surface area contributed by atoms with E-state index in [1.807, 2.05) is 25.1 Å². The number of oxime groups is 1. The van der Waals surface area contributed by atoms with Crippen molar-refractivity contribution in [2.75, 3.05) is 26.9 Å². The summed E-state index contributed by atoms with van der Waals surface area (Å²) in [5.74, 6) is 1.21. The molecule has 0 bridgehead atoms. The smallest absolute Gasteiger partial charge is 0.283 e. The molecule has 2 aromatic carbocycles. The second-order valence-corrected chi connectivity index (χ2v) is 6.57. The molecule has 0 radical (unpaired) electrons. The van der Waals surface area contributed by atoms with E-state index in [9.17, 15) is 9.90 Å². The van der Waals surface area contributed by atoms with Gasteiger partial charge in [0, 0.05) is 12.1 Å². The first-order valence-electron chi connectivity index (χ1n) is 9.74. The van der Waals surface area contributed by atoms with Gasteiger partial charge in [0.25, 0.3) is 5.91 Å². The molecule has 1 heterocycles. The zero-order chi connectivity index (χ0) is 21.3. The van der Waals surface area contributed by atoms with Gasteiger partial charge in [-0.15, -0.1) is 0 Å². The van der Waals surface area contributed by atoms with E-state index in [1.165, 1.54) is 11.2 Å². The Kier molecular flexibility index (Phi) is 7.26. The maximum absolute atomic E-state index is 12.4. The van der Waals surface area contributed by atoms with Crippen LogP contribution in [0.4, 0.5) is 0 Å². The maximum atomic E-state index is 12.4. The monoisotopic (exact) mass is 411 g/mol. The van der Waals surface area contributed by atoms with Gasteiger partial charge in [-0.25, -0.2) is 5.01 Å². The summed E-state index contributed by atoms with van der Waals surface area (Å²) in [6, 6.07) is 12.1. The van der Waals surface area contributed by atoms with Gasteiger partial charge < -0.3 is 19.4 Å². The van der Waals surface area contributed by atoms with E-state index < -0.39 is 0 Å². The van der Waals surface area contributed by atoms with Crippen LogP contribution in [0.1, 0.15) is 30.9 Å². The number of nitrogens with zero attached hydrogens (tertiary/aromatic N) is 3. The molecule has 30 heavy (non-hydrogen) atoms. The zero-order valence-electron chi connectivity index (χ0n) is 17.1. The van der Waals surface area contributed by atoms with Crippen LogP contribution in [0.3, 0.4) is 0 Å². The number of ether oxygens (including phenoxy) is 2. The molecule has 1 amide bonds. The average molecular weight is 411 g/mol. The van der Waals surface area contributed by atoms with Crippen LogP contribution in [0.25, 0.3) is 0 Å². The quantitative estimate of drug-likeness (QED) is 0.532. The second kappa shape index (κ2) is 10.3. The number of hydrogen-bond donors (Lipinski definition) is 1. The first-order chi connectivity index (χ1) is 14.6. The molecule has 1 aliphatic rings. The van der Waals surface area contributed by atoms with Crippen molar-refractivity contribution < 1.29 is 24.2 Å². The minimum Gasteiger partial charge on any atom is -0.508 e. The first kappa shape index (κ1) is 21.2.